The maximum Gasteiger partial charge on any atom is 0.246 e. The minimum absolute atomic E-state index is 0.0562. The van der Waals surface area contributed by atoms with Crippen LogP contribution in [0.3, 0.4) is 0 Å². The Morgan fingerprint density at radius 2 is 1.90 bits per heavy atom. The van der Waals surface area contributed by atoms with Crippen LogP contribution >= 0.6 is 27.5 Å². The molecule has 0 aliphatic heterocycles. The van der Waals surface area contributed by atoms with Crippen LogP contribution in [0.15, 0.2) is 15.4 Å². The Kier molecular flexibility index (Phi) is 6.06. The van der Waals surface area contributed by atoms with E-state index in [-0.39, 0.29) is 33.7 Å². The Bertz CT molecular complexity index is 636. The van der Waals surface area contributed by atoms with Gasteiger partial charge < -0.3 is 5.73 Å². The van der Waals surface area contributed by atoms with Crippen LogP contribution in [0.25, 0.3) is 0 Å². The summed E-state index contributed by atoms with van der Waals surface area (Å²) in [6, 6.07) is 0.781. The van der Waals surface area contributed by atoms with Gasteiger partial charge in [0.25, 0.3) is 0 Å². The predicted molar refractivity (Wildman–Crippen MR) is 87.4 cm³/mol. The average Bonchev–Trinajstić information content (AvgIpc) is 2.36. The molecular weight excluding hydrogens is 383 g/mol. The van der Waals surface area contributed by atoms with Crippen LogP contribution in [0.2, 0.25) is 5.02 Å². The summed E-state index contributed by atoms with van der Waals surface area (Å²) in [5, 5.41) is 0.0562. The van der Waals surface area contributed by atoms with Crippen molar-refractivity contribution in [1.29, 1.82) is 0 Å². The molecule has 1 rings (SSSR count). The van der Waals surface area contributed by atoms with Crippen molar-refractivity contribution in [2.24, 2.45) is 5.92 Å². The monoisotopic (exact) mass is 400 g/mol. The number of halogens is 3. The second kappa shape index (κ2) is 6.81. The van der Waals surface area contributed by atoms with Gasteiger partial charge in [-0.15, -0.1) is 0 Å². The highest BCUT2D eigenvalue weighted by atomic mass is 79.9. The summed E-state index contributed by atoms with van der Waals surface area (Å²) in [6.07, 6.45) is 0. The lowest BCUT2D eigenvalue weighted by molar-refractivity contribution is 0.317. The zero-order chi connectivity index (χ0) is 16.5. The van der Waals surface area contributed by atoms with Gasteiger partial charge in [0.2, 0.25) is 10.0 Å². The van der Waals surface area contributed by atoms with E-state index in [2.05, 4.69) is 15.9 Å². The maximum absolute atomic E-state index is 14.3. The van der Waals surface area contributed by atoms with Gasteiger partial charge in [0.1, 0.15) is 4.90 Å². The molecule has 0 radical (unpaired) electrons. The molecule has 0 aliphatic rings. The summed E-state index contributed by atoms with van der Waals surface area (Å²) >= 11 is 8.94. The van der Waals surface area contributed by atoms with E-state index in [4.69, 9.17) is 17.3 Å². The van der Waals surface area contributed by atoms with Crippen LogP contribution < -0.4 is 5.73 Å². The molecule has 4 nitrogen and oxygen atoms in total. The van der Waals surface area contributed by atoms with Crippen LogP contribution in [0, 0.1) is 11.7 Å². The molecule has 0 aliphatic carbocycles. The fourth-order valence-corrected chi connectivity index (χ4v) is 4.33. The molecule has 0 spiro atoms. The van der Waals surface area contributed by atoms with Crippen molar-refractivity contribution in [3.63, 3.8) is 0 Å². The highest BCUT2D eigenvalue weighted by Crippen LogP contribution is 2.36. The summed E-state index contributed by atoms with van der Waals surface area (Å²) in [6.45, 7) is 7.55. The molecule has 0 saturated carbocycles. The van der Waals surface area contributed by atoms with Gasteiger partial charge in [-0.1, -0.05) is 25.4 Å². The Balaban J connectivity index is 3.49. The number of anilines is 1. The highest BCUT2D eigenvalue weighted by Gasteiger charge is 2.32. The lowest BCUT2D eigenvalue weighted by Crippen LogP contribution is -2.39. The van der Waals surface area contributed by atoms with E-state index in [1.807, 2.05) is 13.8 Å². The Morgan fingerprint density at radius 1 is 1.38 bits per heavy atom. The summed E-state index contributed by atoms with van der Waals surface area (Å²) < 4.78 is 41.1. The van der Waals surface area contributed by atoms with E-state index in [0.29, 0.717) is 0 Å². The lowest BCUT2D eigenvalue weighted by Gasteiger charge is -2.28. The third-order valence-electron chi connectivity index (χ3n) is 2.86. The molecule has 0 fully saturated rings. The Hall–Kier alpha value is -0.370. The second-order valence-corrected chi connectivity index (χ2v) is 8.52. The van der Waals surface area contributed by atoms with Crippen LogP contribution in [0.5, 0.6) is 0 Å². The molecule has 0 heterocycles. The van der Waals surface area contributed by atoms with Crippen molar-refractivity contribution in [3.8, 4) is 0 Å². The van der Waals surface area contributed by atoms with Gasteiger partial charge in [-0.2, -0.15) is 4.31 Å². The van der Waals surface area contributed by atoms with E-state index >= 15 is 0 Å². The molecule has 2 N–H and O–H groups in total. The molecule has 8 heteroatoms. The molecule has 1 aromatic rings. The van der Waals surface area contributed by atoms with Crippen molar-refractivity contribution in [1.82, 2.24) is 4.31 Å². The largest absolute Gasteiger partial charge is 0.395 e. The third-order valence-corrected chi connectivity index (χ3v) is 6.29. The van der Waals surface area contributed by atoms with Gasteiger partial charge in [0.05, 0.1) is 15.2 Å². The second-order valence-electron chi connectivity index (χ2n) is 5.46. The number of nitrogens with zero attached hydrogens (tertiary/aromatic N) is 1. The van der Waals surface area contributed by atoms with Crippen molar-refractivity contribution in [3.05, 3.63) is 21.4 Å². The Labute approximate surface area is 138 Å². The fraction of sp³-hybridized carbons (Fsp3) is 0.538. The topological polar surface area (TPSA) is 63.4 Å². The number of benzene rings is 1. The first-order valence-corrected chi connectivity index (χ1v) is 9.06. The molecule has 0 amide bonds. The first-order chi connectivity index (χ1) is 9.50. The van der Waals surface area contributed by atoms with E-state index in [0.717, 1.165) is 6.07 Å². The third kappa shape index (κ3) is 3.88. The minimum Gasteiger partial charge on any atom is -0.395 e. The normalized spacial score (nSPS) is 12.7. The average molecular weight is 402 g/mol. The number of nitrogens with two attached hydrogens (primary N) is 1. The number of hydrogen-bond donors (Lipinski definition) is 1. The molecule has 0 atom stereocenters. The molecule has 1 aromatic carbocycles. The smallest absolute Gasteiger partial charge is 0.246 e. The van der Waals surface area contributed by atoms with Gasteiger partial charge in [-0.05, 0) is 41.8 Å². The van der Waals surface area contributed by atoms with Crippen molar-refractivity contribution < 1.29 is 12.8 Å². The quantitative estimate of drug-likeness (QED) is 0.601. The summed E-state index contributed by atoms with van der Waals surface area (Å²) in [7, 11) is -4.01. The first kappa shape index (κ1) is 18.7. The highest BCUT2D eigenvalue weighted by molar-refractivity contribution is 9.10. The number of sulfonamides is 1. The van der Waals surface area contributed by atoms with Gasteiger partial charge in [0.15, 0.2) is 5.82 Å². The summed E-state index contributed by atoms with van der Waals surface area (Å²) in [5.74, 6) is -0.880. The van der Waals surface area contributed by atoms with Gasteiger partial charge in [0, 0.05) is 12.6 Å². The molecule has 0 saturated heterocycles. The van der Waals surface area contributed by atoms with Crippen LogP contribution in [0.1, 0.15) is 27.7 Å². The van der Waals surface area contributed by atoms with Crippen LogP contribution in [-0.2, 0) is 10.0 Å². The predicted octanol–water partition coefficient (Wildman–Crippen LogP) is 3.88. The molecule has 0 aromatic heterocycles. The lowest BCUT2D eigenvalue weighted by atomic mass is 10.2. The standard InChI is InChI=1S/C13H19BrClFN2O2S/c1-7(2)6-18(8(3)4)21(19,20)10-5-9(15)11(14)13(17)12(10)16/h5,7-8H,6,17H2,1-4H3. The number of rotatable bonds is 5. The van der Waals surface area contributed by atoms with Crippen molar-refractivity contribution in [2.75, 3.05) is 12.3 Å². The van der Waals surface area contributed by atoms with E-state index in [1.54, 1.807) is 13.8 Å². The van der Waals surface area contributed by atoms with Gasteiger partial charge >= 0.3 is 0 Å². The van der Waals surface area contributed by atoms with Gasteiger partial charge in [-0.25, -0.2) is 12.8 Å². The van der Waals surface area contributed by atoms with Crippen LogP contribution in [-0.4, -0.2) is 25.3 Å². The summed E-state index contributed by atoms with van der Waals surface area (Å²) in [5.41, 5.74) is 5.26. The number of nitrogen functional groups attached to an aromatic ring is 1. The fourth-order valence-electron chi connectivity index (χ4n) is 1.86. The molecule has 21 heavy (non-hydrogen) atoms. The van der Waals surface area contributed by atoms with Gasteiger partial charge in [-0.3, -0.25) is 0 Å². The number of hydrogen-bond acceptors (Lipinski definition) is 3. The molecule has 0 bridgehead atoms. The van der Waals surface area contributed by atoms with E-state index in [1.165, 1.54) is 4.31 Å². The van der Waals surface area contributed by atoms with E-state index < -0.39 is 20.7 Å². The maximum atomic E-state index is 14.3. The minimum atomic E-state index is -4.01. The zero-order valence-electron chi connectivity index (χ0n) is 12.3. The Morgan fingerprint density at radius 3 is 2.33 bits per heavy atom. The van der Waals surface area contributed by atoms with Crippen LogP contribution in [0.4, 0.5) is 10.1 Å². The SMILES string of the molecule is CC(C)CN(C(C)C)S(=O)(=O)c1cc(Cl)c(Br)c(N)c1F. The molecule has 120 valence electrons. The van der Waals surface area contributed by atoms with Crippen molar-refractivity contribution >= 4 is 43.2 Å². The molecular formula is C13H19BrClFN2O2S. The molecule has 0 unspecified atom stereocenters. The van der Waals surface area contributed by atoms with E-state index in [9.17, 15) is 12.8 Å². The van der Waals surface area contributed by atoms with Crippen molar-refractivity contribution in [2.45, 2.75) is 38.6 Å². The first-order valence-electron chi connectivity index (χ1n) is 6.45. The zero-order valence-corrected chi connectivity index (χ0v) is 15.5. The summed E-state index contributed by atoms with van der Waals surface area (Å²) in [4.78, 5) is -0.498.